The van der Waals surface area contributed by atoms with Crippen LogP contribution >= 0.6 is 11.6 Å². The molecular formula is C16H17ClN4O2. The first-order valence-electron chi connectivity index (χ1n) is 7.43. The van der Waals surface area contributed by atoms with Gasteiger partial charge in [-0.2, -0.15) is 0 Å². The van der Waals surface area contributed by atoms with E-state index in [-0.39, 0.29) is 12.5 Å². The zero-order chi connectivity index (χ0) is 16.2. The summed E-state index contributed by atoms with van der Waals surface area (Å²) in [6.07, 6.45) is 3.00. The Balaban J connectivity index is 1.59. The molecule has 0 bridgehead atoms. The monoisotopic (exact) mass is 332 g/mol. The van der Waals surface area contributed by atoms with Gasteiger partial charge < -0.3 is 9.80 Å². The van der Waals surface area contributed by atoms with Crippen LogP contribution in [0.2, 0.25) is 5.02 Å². The first-order chi connectivity index (χ1) is 11.1. The summed E-state index contributed by atoms with van der Waals surface area (Å²) in [5.41, 5.74) is 0.659. The molecule has 2 aromatic rings. The summed E-state index contributed by atoms with van der Waals surface area (Å²) < 4.78 is 1.33. The van der Waals surface area contributed by atoms with E-state index >= 15 is 0 Å². The van der Waals surface area contributed by atoms with E-state index in [0.29, 0.717) is 18.1 Å². The van der Waals surface area contributed by atoms with Crippen molar-refractivity contribution in [1.82, 2.24) is 14.5 Å². The molecule has 0 radical (unpaired) electrons. The first-order valence-corrected chi connectivity index (χ1v) is 7.81. The van der Waals surface area contributed by atoms with Gasteiger partial charge >= 0.3 is 5.69 Å². The molecule has 0 unspecified atom stereocenters. The maximum atomic E-state index is 12.3. The van der Waals surface area contributed by atoms with Gasteiger partial charge in [0.05, 0.1) is 0 Å². The maximum absolute atomic E-state index is 12.3. The summed E-state index contributed by atoms with van der Waals surface area (Å²) in [5, 5.41) is 0.706. The molecule has 23 heavy (non-hydrogen) atoms. The van der Waals surface area contributed by atoms with Gasteiger partial charge in [0.1, 0.15) is 6.54 Å². The fourth-order valence-electron chi connectivity index (χ4n) is 2.64. The number of carbonyl (C=O) groups is 1. The lowest BCUT2D eigenvalue weighted by atomic mass is 10.2. The van der Waals surface area contributed by atoms with Crippen LogP contribution in [0.25, 0.3) is 0 Å². The van der Waals surface area contributed by atoms with Gasteiger partial charge in [-0.25, -0.2) is 9.78 Å². The fourth-order valence-corrected chi connectivity index (χ4v) is 2.82. The van der Waals surface area contributed by atoms with E-state index in [1.165, 1.54) is 10.8 Å². The highest BCUT2D eigenvalue weighted by Gasteiger charge is 2.21. The van der Waals surface area contributed by atoms with E-state index in [1.54, 1.807) is 17.2 Å². The Morgan fingerprint density at radius 2 is 1.96 bits per heavy atom. The number of amides is 1. The summed E-state index contributed by atoms with van der Waals surface area (Å²) in [6, 6.07) is 9.35. The third-order valence-electron chi connectivity index (χ3n) is 3.89. The smallest absolute Gasteiger partial charge is 0.347 e. The Hall–Kier alpha value is -2.34. The van der Waals surface area contributed by atoms with Crippen molar-refractivity contribution in [3.8, 4) is 0 Å². The molecule has 1 amide bonds. The molecule has 6 nitrogen and oxygen atoms in total. The second-order valence-electron chi connectivity index (χ2n) is 5.38. The summed E-state index contributed by atoms with van der Waals surface area (Å²) in [6.45, 7) is 2.77. The lowest BCUT2D eigenvalue weighted by Crippen LogP contribution is -2.50. The van der Waals surface area contributed by atoms with E-state index in [0.717, 1.165) is 18.8 Å². The number of hydrogen-bond acceptors (Lipinski definition) is 4. The molecule has 0 aliphatic carbocycles. The van der Waals surface area contributed by atoms with Crippen LogP contribution in [-0.2, 0) is 11.3 Å². The quantitative estimate of drug-likeness (QED) is 0.848. The van der Waals surface area contributed by atoms with Crippen molar-refractivity contribution < 1.29 is 4.79 Å². The van der Waals surface area contributed by atoms with E-state index in [1.807, 2.05) is 24.3 Å². The normalized spacial score (nSPS) is 14.8. The number of rotatable bonds is 3. The Labute approximate surface area is 138 Å². The average molecular weight is 333 g/mol. The van der Waals surface area contributed by atoms with Crippen LogP contribution in [0.5, 0.6) is 0 Å². The molecule has 1 aromatic carbocycles. The molecule has 1 aliphatic heterocycles. The van der Waals surface area contributed by atoms with Gasteiger partial charge in [0, 0.05) is 49.3 Å². The van der Waals surface area contributed by atoms with E-state index in [4.69, 9.17) is 11.6 Å². The second kappa shape index (κ2) is 6.83. The minimum Gasteiger partial charge on any atom is -0.368 e. The van der Waals surface area contributed by atoms with Crippen molar-refractivity contribution in [1.29, 1.82) is 0 Å². The average Bonchev–Trinajstić information content (AvgIpc) is 2.57. The predicted molar refractivity (Wildman–Crippen MR) is 88.7 cm³/mol. The van der Waals surface area contributed by atoms with Crippen LogP contribution in [0, 0.1) is 0 Å². The van der Waals surface area contributed by atoms with Gasteiger partial charge in [-0.05, 0) is 24.3 Å². The van der Waals surface area contributed by atoms with Gasteiger partial charge in [0.25, 0.3) is 0 Å². The van der Waals surface area contributed by atoms with Gasteiger partial charge in [-0.1, -0.05) is 17.7 Å². The minimum atomic E-state index is -0.404. The van der Waals surface area contributed by atoms with Crippen molar-refractivity contribution in [3.05, 3.63) is 58.2 Å². The predicted octanol–water partition coefficient (Wildman–Crippen LogP) is 1.25. The van der Waals surface area contributed by atoms with E-state index < -0.39 is 5.69 Å². The molecule has 0 spiro atoms. The Morgan fingerprint density at radius 1 is 1.17 bits per heavy atom. The number of halogens is 1. The van der Waals surface area contributed by atoms with Gasteiger partial charge in [-0.15, -0.1) is 0 Å². The van der Waals surface area contributed by atoms with Crippen LogP contribution in [0.15, 0.2) is 47.5 Å². The van der Waals surface area contributed by atoms with Gasteiger partial charge in [0.15, 0.2) is 0 Å². The number of hydrogen-bond donors (Lipinski definition) is 0. The molecule has 0 N–H and O–H groups in total. The highest BCUT2D eigenvalue weighted by molar-refractivity contribution is 6.30. The highest BCUT2D eigenvalue weighted by atomic mass is 35.5. The lowest BCUT2D eigenvalue weighted by Gasteiger charge is -2.36. The fraction of sp³-hybridized carbons (Fsp3) is 0.312. The van der Waals surface area contributed by atoms with Crippen LogP contribution in [-0.4, -0.2) is 46.5 Å². The Morgan fingerprint density at radius 3 is 2.65 bits per heavy atom. The number of carbonyl (C=O) groups excluding carboxylic acids is 1. The third kappa shape index (κ3) is 3.71. The molecule has 1 saturated heterocycles. The number of piperazine rings is 1. The Kier molecular flexibility index (Phi) is 4.62. The summed E-state index contributed by atoms with van der Waals surface area (Å²) in [7, 11) is 0. The lowest BCUT2D eigenvalue weighted by molar-refractivity contribution is -0.132. The highest BCUT2D eigenvalue weighted by Crippen LogP contribution is 2.20. The molecule has 1 aromatic heterocycles. The summed E-state index contributed by atoms with van der Waals surface area (Å²) in [5.74, 6) is -0.0640. The van der Waals surface area contributed by atoms with E-state index in [2.05, 4.69) is 9.88 Å². The topological polar surface area (TPSA) is 58.4 Å². The third-order valence-corrected chi connectivity index (χ3v) is 4.13. The molecule has 1 fully saturated rings. The zero-order valence-corrected chi connectivity index (χ0v) is 13.3. The van der Waals surface area contributed by atoms with Crippen LogP contribution in [0.3, 0.4) is 0 Å². The van der Waals surface area contributed by atoms with E-state index in [9.17, 15) is 9.59 Å². The molecule has 2 heterocycles. The standard InChI is InChI=1S/C16H17ClN4O2/c17-13-3-1-4-14(11-13)19-7-9-20(10-8-19)15(22)12-21-6-2-5-18-16(21)23/h1-6,11H,7-10,12H2. The maximum Gasteiger partial charge on any atom is 0.347 e. The first kappa shape index (κ1) is 15.6. The molecular weight excluding hydrogens is 316 g/mol. The number of anilines is 1. The largest absolute Gasteiger partial charge is 0.368 e. The molecule has 0 saturated carbocycles. The number of benzene rings is 1. The van der Waals surface area contributed by atoms with Crippen molar-refractivity contribution in [2.75, 3.05) is 31.1 Å². The molecule has 120 valence electrons. The molecule has 7 heteroatoms. The van der Waals surface area contributed by atoms with Crippen molar-refractivity contribution in [3.63, 3.8) is 0 Å². The second-order valence-corrected chi connectivity index (χ2v) is 5.81. The molecule has 0 atom stereocenters. The van der Waals surface area contributed by atoms with Crippen molar-refractivity contribution in [2.45, 2.75) is 6.54 Å². The van der Waals surface area contributed by atoms with Crippen molar-refractivity contribution >= 4 is 23.2 Å². The minimum absolute atomic E-state index is 0.0316. The summed E-state index contributed by atoms with van der Waals surface area (Å²) >= 11 is 6.02. The number of nitrogens with zero attached hydrogens (tertiary/aromatic N) is 4. The molecule has 3 rings (SSSR count). The van der Waals surface area contributed by atoms with Crippen LogP contribution in [0.1, 0.15) is 0 Å². The Bertz CT molecular complexity index is 753. The van der Waals surface area contributed by atoms with Crippen LogP contribution in [0.4, 0.5) is 5.69 Å². The van der Waals surface area contributed by atoms with Crippen molar-refractivity contribution in [2.24, 2.45) is 0 Å². The van der Waals surface area contributed by atoms with Gasteiger partial charge in [-0.3, -0.25) is 9.36 Å². The zero-order valence-electron chi connectivity index (χ0n) is 12.6. The molecule has 1 aliphatic rings. The summed E-state index contributed by atoms with van der Waals surface area (Å²) in [4.78, 5) is 31.5. The SMILES string of the molecule is O=C(Cn1cccnc1=O)N1CCN(c2cccc(Cl)c2)CC1. The van der Waals surface area contributed by atoms with Crippen LogP contribution < -0.4 is 10.6 Å². The number of aromatic nitrogens is 2. The van der Waals surface area contributed by atoms with Gasteiger partial charge in [0.2, 0.25) is 5.91 Å².